The number of aryl methyl sites for hydroxylation is 1. The molecule has 3 unspecified atom stereocenters. The van der Waals surface area contributed by atoms with Crippen LogP contribution in [-0.2, 0) is 6.54 Å². The highest BCUT2D eigenvalue weighted by Gasteiger charge is 2.43. The number of nitrogens with zero attached hydrogens (tertiary/aromatic N) is 2. The molecule has 1 aliphatic rings. The largest absolute Gasteiger partial charge is 0.507 e. The number of aromatic hydroxyl groups is 1. The maximum Gasteiger partial charge on any atom is 0.353 e. The summed E-state index contributed by atoms with van der Waals surface area (Å²) < 4.78 is 3.45. The number of fused-ring (bicyclic) bond motifs is 2. The lowest BCUT2D eigenvalue weighted by Crippen LogP contribution is -2.44. The Morgan fingerprint density at radius 2 is 1.57 bits per heavy atom. The molecule has 0 saturated heterocycles. The molecule has 0 radical (unpaired) electrons. The molecular weight excluding hydrogens is 504 g/mol. The summed E-state index contributed by atoms with van der Waals surface area (Å²) in [5.74, 6) is -0.851. The minimum atomic E-state index is -0.743. The van der Waals surface area contributed by atoms with Crippen molar-refractivity contribution in [3.05, 3.63) is 94.3 Å². The van der Waals surface area contributed by atoms with Gasteiger partial charge in [-0.15, -0.1) is 0 Å². The van der Waals surface area contributed by atoms with E-state index in [1.54, 1.807) is 15.2 Å². The van der Waals surface area contributed by atoms with Gasteiger partial charge in [-0.1, -0.05) is 30.3 Å². The lowest BCUT2D eigenvalue weighted by atomic mass is 9.87. The number of Topliss-reactive ketones (excluding diaryl/α,β-unsaturated/α-hetero) is 1. The van der Waals surface area contributed by atoms with Crippen LogP contribution in [0, 0.1) is 5.92 Å². The predicted molar refractivity (Wildman–Crippen MR) is 159 cm³/mol. The molecule has 0 saturated carbocycles. The molecule has 1 aliphatic heterocycles. The van der Waals surface area contributed by atoms with Gasteiger partial charge in [0.15, 0.2) is 11.7 Å². The van der Waals surface area contributed by atoms with Crippen LogP contribution in [0.5, 0.6) is 5.75 Å². The molecule has 206 valence electrons. The number of aliphatic hydroxyl groups is 1. The first-order chi connectivity index (χ1) is 19.3. The van der Waals surface area contributed by atoms with Crippen LogP contribution in [0.4, 0.5) is 17.1 Å². The van der Waals surface area contributed by atoms with E-state index in [0.717, 1.165) is 17.1 Å². The highest BCUT2D eigenvalue weighted by atomic mass is 16.3. The molecule has 5 rings (SSSR count). The molecule has 3 atom stereocenters. The number of rotatable bonds is 8. The number of ketones is 1. The second kappa shape index (κ2) is 10.9. The zero-order valence-corrected chi connectivity index (χ0v) is 23.2. The zero-order chi connectivity index (χ0) is 28.6. The van der Waals surface area contributed by atoms with Crippen LogP contribution in [-0.4, -0.2) is 43.6 Å². The Balaban J connectivity index is 1.40. The average molecular weight is 540 g/mol. The number of aliphatic hydroxyl groups excluding tert-OH is 1. The molecule has 4 aromatic rings. The molecule has 0 spiro atoms. The highest BCUT2D eigenvalue weighted by Crippen LogP contribution is 2.33. The van der Waals surface area contributed by atoms with Gasteiger partial charge in [0.25, 0.3) is 5.56 Å². The van der Waals surface area contributed by atoms with Crippen molar-refractivity contribution in [2.75, 3.05) is 17.2 Å². The number of para-hydroxylation sites is 2. The van der Waals surface area contributed by atoms with E-state index in [2.05, 4.69) is 10.6 Å². The Labute approximate surface area is 233 Å². The van der Waals surface area contributed by atoms with Crippen LogP contribution < -0.4 is 16.2 Å². The van der Waals surface area contributed by atoms with Crippen molar-refractivity contribution in [2.45, 2.75) is 46.3 Å². The first-order valence-corrected chi connectivity index (χ1v) is 13.7. The summed E-state index contributed by atoms with van der Waals surface area (Å²) >= 11 is 0. The van der Waals surface area contributed by atoms with Gasteiger partial charge in [0, 0.05) is 35.4 Å². The molecule has 0 aliphatic carbocycles. The van der Waals surface area contributed by atoms with Gasteiger partial charge in [-0.2, -0.15) is 4.58 Å². The van der Waals surface area contributed by atoms with Gasteiger partial charge >= 0.3 is 5.90 Å². The molecule has 0 amide bonds. The van der Waals surface area contributed by atoms with Crippen molar-refractivity contribution < 1.29 is 19.6 Å². The first kappa shape index (κ1) is 27.0. The molecule has 1 aromatic heterocycles. The average Bonchev–Trinajstić information content (AvgIpc) is 2.94. The van der Waals surface area contributed by atoms with Crippen LogP contribution in [0.2, 0.25) is 0 Å². The predicted octanol–water partition coefficient (Wildman–Crippen LogP) is 5.83. The molecule has 8 nitrogen and oxygen atoms in total. The fourth-order valence-electron chi connectivity index (χ4n) is 5.76. The fourth-order valence-corrected chi connectivity index (χ4v) is 5.76. The molecule has 3 aromatic carbocycles. The van der Waals surface area contributed by atoms with E-state index in [1.165, 1.54) is 0 Å². The van der Waals surface area contributed by atoms with Crippen LogP contribution >= 0.6 is 0 Å². The van der Waals surface area contributed by atoms with Gasteiger partial charge in [0.1, 0.15) is 12.3 Å². The smallest absolute Gasteiger partial charge is 0.353 e. The van der Waals surface area contributed by atoms with Crippen molar-refractivity contribution in [3.8, 4) is 5.75 Å². The van der Waals surface area contributed by atoms with Gasteiger partial charge in [-0.05, 0) is 64.1 Å². The van der Waals surface area contributed by atoms with E-state index in [0.29, 0.717) is 35.1 Å². The molecule has 2 heterocycles. The summed E-state index contributed by atoms with van der Waals surface area (Å²) in [5, 5.41) is 29.5. The SMILES string of the molecule is CCn1c(=O)c(C(C)Nc2cccc(NC(C)C3C(=O)c4ccccc4[N+](CC)=C3O)c2)c(O)c2ccccc21. The highest BCUT2D eigenvalue weighted by molar-refractivity contribution is 6.13. The Bertz CT molecular complexity index is 1690. The second-order valence-electron chi connectivity index (χ2n) is 10.2. The lowest BCUT2D eigenvalue weighted by Gasteiger charge is -2.26. The number of benzene rings is 3. The topological polar surface area (TPSA) is 107 Å². The van der Waals surface area contributed by atoms with E-state index in [1.807, 2.05) is 94.4 Å². The molecule has 40 heavy (non-hydrogen) atoms. The van der Waals surface area contributed by atoms with Gasteiger partial charge in [-0.25, -0.2) is 0 Å². The number of pyridine rings is 1. The summed E-state index contributed by atoms with van der Waals surface area (Å²) in [5.41, 5.74) is 3.57. The molecular formula is C32H35N4O4+. The van der Waals surface area contributed by atoms with Gasteiger partial charge in [-0.3, -0.25) is 9.59 Å². The molecule has 0 bridgehead atoms. The third-order valence-electron chi connectivity index (χ3n) is 7.68. The normalized spacial score (nSPS) is 16.5. The summed E-state index contributed by atoms with van der Waals surface area (Å²) in [6, 6.07) is 21.3. The minimum absolute atomic E-state index is 0.0178. The molecule has 8 heteroatoms. The minimum Gasteiger partial charge on any atom is -0.507 e. The zero-order valence-electron chi connectivity index (χ0n) is 23.2. The summed E-state index contributed by atoms with van der Waals surface area (Å²) in [6.45, 7) is 8.60. The van der Waals surface area contributed by atoms with E-state index < -0.39 is 18.0 Å². The van der Waals surface area contributed by atoms with Gasteiger partial charge in [0.05, 0.1) is 22.7 Å². The number of hydrogen-bond acceptors (Lipinski definition) is 5. The van der Waals surface area contributed by atoms with Crippen molar-refractivity contribution >= 4 is 39.6 Å². The standard InChI is InChI=1S/C32H34N4O4/c1-5-35-25-16-9-7-14-23(25)29(37)27(31(35)39)19(3)33-21-12-11-13-22(18-21)34-20(4)28-30(38)24-15-8-10-17-26(24)36(6-2)32(28)40/h7-20,27,33-34H,5-6H2,1-4H3,(H,38,40)/p+1. The van der Waals surface area contributed by atoms with E-state index in [4.69, 9.17) is 0 Å². The van der Waals surface area contributed by atoms with Crippen LogP contribution in [0.15, 0.2) is 77.6 Å². The number of carbonyl (C=O) groups excluding carboxylic acids is 1. The number of aromatic nitrogens is 1. The monoisotopic (exact) mass is 539 g/mol. The summed E-state index contributed by atoms with van der Waals surface area (Å²) in [6.07, 6.45) is 0. The first-order valence-electron chi connectivity index (χ1n) is 13.7. The number of carbonyl (C=O) groups is 1. The van der Waals surface area contributed by atoms with Gasteiger partial charge < -0.3 is 25.4 Å². The number of anilines is 2. The maximum absolute atomic E-state index is 13.4. The maximum atomic E-state index is 13.4. The van der Waals surface area contributed by atoms with Crippen molar-refractivity contribution in [1.82, 2.24) is 4.57 Å². The van der Waals surface area contributed by atoms with Crippen molar-refractivity contribution in [3.63, 3.8) is 0 Å². The Morgan fingerprint density at radius 3 is 2.30 bits per heavy atom. The van der Waals surface area contributed by atoms with Crippen LogP contribution in [0.25, 0.3) is 10.9 Å². The molecule has 4 N–H and O–H groups in total. The summed E-state index contributed by atoms with van der Waals surface area (Å²) in [4.78, 5) is 26.7. The third-order valence-corrected chi connectivity index (χ3v) is 7.68. The Hall–Kier alpha value is -4.59. The lowest BCUT2D eigenvalue weighted by molar-refractivity contribution is -0.449. The number of nitrogens with one attached hydrogen (secondary N) is 2. The van der Waals surface area contributed by atoms with Crippen molar-refractivity contribution in [1.29, 1.82) is 0 Å². The second-order valence-corrected chi connectivity index (χ2v) is 10.2. The van der Waals surface area contributed by atoms with Crippen LogP contribution in [0.1, 0.15) is 49.7 Å². The summed E-state index contributed by atoms with van der Waals surface area (Å²) in [7, 11) is 0. The Kier molecular flexibility index (Phi) is 7.34. The number of hydrogen-bond donors (Lipinski definition) is 4. The van der Waals surface area contributed by atoms with Crippen LogP contribution in [0.3, 0.4) is 0 Å². The van der Waals surface area contributed by atoms with E-state index in [9.17, 15) is 19.8 Å². The van der Waals surface area contributed by atoms with Crippen molar-refractivity contribution in [2.24, 2.45) is 5.92 Å². The fraction of sp³-hybridized carbons (Fsp3) is 0.281. The Morgan fingerprint density at radius 1 is 0.900 bits per heavy atom. The third kappa shape index (κ3) is 4.59. The van der Waals surface area contributed by atoms with Gasteiger partial charge in [0.2, 0.25) is 5.69 Å². The van der Waals surface area contributed by atoms with E-state index >= 15 is 0 Å². The molecule has 0 fully saturated rings. The van der Waals surface area contributed by atoms with E-state index in [-0.39, 0.29) is 23.0 Å². The quantitative estimate of drug-likeness (QED) is 0.210.